The van der Waals surface area contributed by atoms with E-state index in [1.54, 1.807) is 43.5 Å². The number of carbonyl (C=O) groups is 2. The van der Waals surface area contributed by atoms with Gasteiger partial charge in [-0.15, -0.1) is 10.2 Å². The van der Waals surface area contributed by atoms with E-state index in [9.17, 15) is 14.7 Å². The summed E-state index contributed by atoms with van der Waals surface area (Å²) in [6.45, 7) is 1.93. The first kappa shape index (κ1) is 18.8. The van der Waals surface area contributed by atoms with Crippen LogP contribution in [-0.4, -0.2) is 34.1 Å². The van der Waals surface area contributed by atoms with Crippen LogP contribution in [0.15, 0.2) is 59.6 Å². The smallest absolute Gasteiger partial charge is 0.301 e. The van der Waals surface area contributed by atoms with Gasteiger partial charge in [0.15, 0.2) is 0 Å². The highest BCUT2D eigenvalue weighted by molar-refractivity contribution is 7.13. The molecule has 1 aliphatic heterocycles. The summed E-state index contributed by atoms with van der Waals surface area (Å²) >= 11 is 1.15. The second kappa shape index (κ2) is 7.48. The van der Waals surface area contributed by atoms with Crippen LogP contribution >= 0.6 is 11.3 Å². The first-order valence-corrected chi connectivity index (χ1v) is 9.67. The Labute approximate surface area is 170 Å². The molecular formula is C21H17N3O4S. The molecule has 29 heavy (non-hydrogen) atoms. The van der Waals surface area contributed by atoms with Crippen molar-refractivity contribution in [1.82, 2.24) is 10.2 Å². The lowest BCUT2D eigenvalue weighted by Gasteiger charge is -2.22. The zero-order valence-corrected chi connectivity index (χ0v) is 16.5. The molecule has 1 amide bonds. The lowest BCUT2D eigenvalue weighted by molar-refractivity contribution is -0.132. The molecule has 0 bridgehead atoms. The number of amides is 1. The van der Waals surface area contributed by atoms with Crippen molar-refractivity contribution in [2.45, 2.75) is 13.0 Å². The van der Waals surface area contributed by atoms with Crippen molar-refractivity contribution in [2.75, 3.05) is 12.0 Å². The second-order valence-corrected chi connectivity index (χ2v) is 7.34. The van der Waals surface area contributed by atoms with Crippen LogP contribution < -0.4 is 9.64 Å². The number of benzene rings is 2. The van der Waals surface area contributed by atoms with Crippen LogP contribution in [0.25, 0.3) is 5.76 Å². The van der Waals surface area contributed by atoms with E-state index in [1.807, 2.05) is 19.1 Å². The molecule has 4 rings (SSSR count). The summed E-state index contributed by atoms with van der Waals surface area (Å²) < 4.78 is 5.20. The Morgan fingerprint density at radius 2 is 1.79 bits per heavy atom. The van der Waals surface area contributed by atoms with Crippen molar-refractivity contribution in [3.8, 4) is 5.75 Å². The zero-order chi connectivity index (χ0) is 20.5. The number of aromatic nitrogens is 2. The van der Waals surface area contributed by atoms with Gasteiger partial charge >= 0.3 is 5.91 Å². The van der Waals surface area contributed by atoms with Gasteiger partial charge < -0.3 is 9.84 Å². The monoisotopic (exact) mass is 407 g/mol. The molecule has 0 spiro atoms. The summed E-state index contributed by atoms with van der Waals surface area (Å²) in [7, 11) is 1.56. The molecule has 1 aliphatic rings. The molecule has 7 nitrogen and oxygen atoms in total. The largest absolute Gasteiger partial charge is 0.507 e. The summed E-state index contributed by atoms with van der Waals surface area (Å²) in [5.41, 5.74) is 3.62. The van der Waals surface area contributed by atoms with Crippen LogP contribution in [0.1, 0.15) is 22.7 Å². The molecule has 2 aromatic carbocycles. The summed E-state index contributed by atoms with van der Waals surface area (Å²) in [6, 6.07) is 13.3. The van der Waals surface area contributed by atoms with Crippen LogP contribution in [0, 0.1) is 6.92 Å². The van der Waals surface area contributed by atoms with Gasteiger partial charge in [-0.25, -0.2) is 0 Å². The standard InChI is InChI=1S/C21H17N3O4S/c1-12-3-5-14(6-4-12)18(25)16-17(13-7-9-15(28-2)10-8-13)24(20(27)19(16)26)21-23-22-11-29-21/h3-11,17,25H,1-2H3/b18-16+/t17-/m1/s1. The zero-order valence-electron chi connectivity index (χ0n) is 15.7. The van der Waals surface area contributed by atoms with E-state index in [-0.39, 0.29) is 16.5 Å². The van der Waals surface area contributed by atoms with Gasteiger partial charge in [0.1, 0.15) is 17.0 Å². The molecule has 3 aromatic rings. The third kappa shape index (κ3) is 3.27. The fourth-order valence-electron chi connectivity index (χ4n) is 3.27. The number of hydrogen-bond donors (Lipinski definition) is 1. The highest BCUT2D eigenvalue weighted by Gasteiger charge is 2.48. The summed E-state index contributed by atoms with van der Waals surface area (Å²) in [4.78, 5) is 27.1. The number of aliphatic hydroxyl groups is 1. The molecule has 0 unspecified atom stereocenters. The number of aliphatic hydroxyl groups excluding tert-OH is 1. The third-order valence-corrected chi connectivity index (χ3v) is 5.44. The highest BCUT2D eigenvalue weighted by Crippen LogP contribution is 2.42. The minimum atomic E-state index is -0.824. The third-order valence-electron chi connectivity index (χ3n) is 4.76. The molecule has 1 atom stereocenters. The predicted molar refractivity (Wildman–Crippen MR) is 109 cm³/mol. The molecule has 2 heterocycles. The number of rotatable bonds is 4. The molecule has 1 aromatic heterocycles. The highest BCUT2D eigenvalue weighted by atomic mass is 32.1. The van der Waals surface area contributed by atoms with E-state index in [1.165, 1.54) is 10.4 Å². The van der Waals surface area contributed by atoms with E-state index in [0.29, 0.717) is 16.9 Å². The van der Waals surface area contributed by atoms with Crippen molar-refractivity contribution in [2.24, 2.45) is 0 Å². The maximum Gasteiger partial charge on any atom is 0.301 e. The average molecular weight is 407 g/mol. The molecule has 0 saturated carbocycles. The SMILES string of the molecule is COc1ccc([C@@H]2/C(=C(\O)c3ccc(C)cc3)C(=O)C(=O)N2c2nncs2)cc1. The Hall–Kier alpha value is -3.52. The van der Waals surface area contributed by atoms with Gasteiger partial charge in [-0.05, 0) is 24.6 Å². The van der Waals surface area contributed by atoms with Crippen LogP contribution in [0.3, 0.4) is 0 Å². The van der Waals surface area contributed by atoms with Gasteiger partial charge in [0.2, 0.25) is 5.13 Å². The molecule has 0 aliphatic carbocycles. The normalized spacial score (nSPS) is 18.3. The Morgan fingerprint density at radius 1 is 1.10 bits per heavy atom. The Morgan fingerprint density at radius 3 is 2.38 bits per heavy atom. The number of carbonyl (C=O) groups excluding carboxylic acids is 2. The van der Waals surface area contributed by atoms with Crippen LogP contribution in [0.2, 0.25) is 0 Å². The topological polar surface area (TPSA) is 92.6 Å². The van der Waals surface area contributed by atoms with E-state index in [0.717, 1.165) is 16.9 Å². The number of ether oxygens (including phenoxy) is 1. The lowest BCUT2D eigenvalue weighted by atomic mass is 9.95. The molecule has 8 heteroatoms. The van der Waals surface area contributed by atoms with Gasteiger partial charge in [-0.2, -0.15) is 0 Å². The van der Waals surface area contributed by atoms with Gasteiger partial charge in [-0.1, -0.05) is 53.3 Å². The maximum atomic E-state index is 12.9. The summed E-state index contributed by atoms with van der Waals surface area (Å²) in [5.74, 6) is -1.10. The number of anilines is 1. The Kier molecular flexibility index (Phi) is 4.85. The van der Waals surface area contributed by atoms with Gasteiger partial charge in [0, 0.05) is 5.56 Å². The number of aryl methyl sites for hydroxylation is 1. The number of Topliss-reactive ketones (excluding diaryl/α,β-unsaturated/α-hetero) is 1. The van der Waals surface area contributed by atoms with Crippen molar-refractivity contribution in [3.63, 3.8) is 0 Å². The fraction of sp³-hybridized carbons (Fsp3) is 0.143. The number of nitrogens with zero attached hydrogens (tertiary/aromatic N) is 3. The second-order valence-electron chi connectivity index (χ2n) is 6.53. The van der Waals surface area contributed by atoms with Gasteiger partial charge in [0.05, 0.1) is 18.7 Å². The van der Waals surface area contributed by atoms with Crippen LogP contribution in [0.4, 0.5) is 5.13 Å². The number of ketones is 1. The minimum absolute atomic E-state index is 0.0132. The molecule has 1 fully saturated rings. The molecule has 1 N–H and O–H groups in total. The Bertz CT molecular complexity index is 1090. The fourth-order valence-corrected chi connectivity index (χ4v) is 3.86. The first-order valence-electron chi connectivity index (χ1n) is 8.79. The van der Waals surface area contributed by atoms with Crippen molar-refractivity contribution in [1.29, 1.82) is 0 Å². The first-order chi connectivity index (χ1) is 14.0. The predicted octanol–water partition coefficient (Wildman–Crippen LogP) is 3.48. The van der Waals surface area contributed by atoms with E-state index >= 15 is 0 Å². The van der Waals surface area contributed by atoms with Crippen LogP contribution in [0.5, 0.6) is 5.75 Å². The summed E-state index contributed by atoms with van der Waals surface area (Å²) in [5, 5.41) is 19.0. The van der Waals surface area contributed by atoms with E-state index in [2.05, 4.69) is 10.2 Å². The Balaban J connectivity index is 1.91. The quantitative estimate of drug-likeness (QED) is 0.404. The average Bonchev–Trinajstić information content (AvgIpc) is 3.35. The number of methoxy groups -OCH3 is 1. The lowest BCUT2D eigenvalue weighted by Crippen LogP contribution is -2.29. The van der Waals surface area contributed by atoms with Crippen molar-refractivity contribution >= 4 is 33.9 Å². The number of hydrogen-bond acceptors (Lipinski definition) is 7. The minimum Gasteiger partial charge on any atom is -0.507 e. The van der Waals surface area contributed by atoms with Crippen molar-refractivity contribution < 1.29 is 19.4 Å². The molecular weight excluding hydrogens is 390 g/mol. The van der Waals surface area contributed by atoms with Crippen molar-refractivity contribution in [3.05, 3.63) is 76.3 Å². The molecule has 146 valence electrons. The van der Waals surface area contributed by atoms with E-state index < -0.39 is 17.7 Å². The summed E-state index contributed by atoms with van der Waals surface area (Å²) in [6.07, 6.45) is 0. The van der Waals surface area contributed by atoms with E-state index in [4.69, 9.17) is 4.74 Å². The maximum absolute atomic E-state index is 12.9. The van der Waals surface area contributed by atoms with Crippen LogP contribution in [-0.2, 0) is 9.59 Å². The molecule has 0 radical (unpaired) electrons. The molecule has 1 saturated heterocycles. The van der Waals surface area contributed by atoms with Gasteiger partial charge in [0.25, 0.3) is 5.78 Å². The van der Waals surface area contributed by atoms with Gasteiger partial charge in [-0.3, -0.25) is 14.5 Å².